The number of hydrogen-bond acceptors (Lipinski definition) is 5. The van der Waals surface area contributed by atoms with Gasteiger partial charge in [0.25, 0.3) is 5.56 Å². The van der Waals surface area contributed by atoms with Gasteiger partial charge in [-0.2, -0.15) is 13.2 Å². The van der Waals surface area contributed by atoms with Gasteiger partial charge >= 0.3 is 6.18 Å². The second-order valence-corrected chi connectivity index (χ2v) is 7.04. The van der Waals surface area contributed by atoms with E-state index in [1.807, 2.05) is 0 Å². The van der Waals surface area contributed by atoms with Gasteiger partial charge in [0.15, 0.2) is 5.16 Å². The van der Waals surface area contributed by atoms with Crippen LogP contribution in [0.15, 0.2) is 64.5 Å². The Hall–Kier alpha value is -3.27. The lowest BCUT2D eigenvalue weighted by Crippen LogP contribution is -2.15. The lowest BCUT2D eigenvalue weighted by molar-refractivity contribution is -0.137. The Morgan fingerprint density at radius 2 is 1.80 bits per heavy atom. The summed E-state index contributed by atoms with van der Waals surface area (Å²) < 4.78 is 42.8. The summed E-state index contributed by atoms with van der Waals surface area (Å²) in [6.45, 7) is 0. The third-order valence-corrected chi connectivity index (χ3v) is 4.82. The number of carbonyl (C=O) groups is 1. The quantitative estimate of drug-likeness (QED) is 0.448. The highest BCUT2D eigenvalue weighted by Gasteiger charge is 2.29. The third-order valence-electron chi connectivity index (χ3n) is 3.94. The molecule has 3 rings (SSSR count). The summed E-state index contributed by atoms with van der Waals surface area (Å²) in [5.41, 5.74) is 0.209. The number of rotatable bonds is 6. The van der Waals surface area contributed by atoms with E-state index < -0.39 is 17.6 Å². The minimum Gasteiger partial charge on any atom is -0.497 e. The van der Waals surface area contributed by atoms with Crippen LogP contribution < -0.4 is 15.6 Å². The van der Waals surface area contributed by atoms with Gasteiger partial charge in [0.1, 0.15) is 5.75 Å². The van der Waals surface area contributed by atoms with Gasteiger partial charge in [0, 0.05) is 17.3 Å². The zero-order valence-electron chi connectivity index (χ0n) is 15.6. The topological polar surface area (TPSA) is 84.1 Å². The molecule has 0 aliphatic carbocycles. The van der Waals surface area contributed by atoms with Crippen molar-refractivity contribution in [1.29, 1.82) is 0 Å². The number of nitrogens with zero attached hydrogens (tertiary/aromatic N) is 1. The van der Waals surface area contributed by atoms with Gasteiger partial charge in [0.05, 0.1) is 24.1 Å². The molecule has 0 saturated carbocycles. The zero-order chi connectivity index (χ0) is 21.7. The molecule has 0 aliphatic rings. The van der Waals surface area contributed by atoms with Crippen molar-refractivity contribution in [2.75, 3.05) is 18.2 Å². The number of halogens is 3. The van der Waals surface area contributed by atoms with E-state index >= 15 is 0 Å². The monoisotopic (exact) mass is 435 g/mol. The van der Waals surface area contributed by atoms with Crippen molar-refractivity contribution in [3.05, 3.63) is 70.5 Å². The van der Waals surface area contributed by atoms with Gasteiger partial charge in [-0.25, -0.2) is 4.98 Å². The average molecular weight is 435 g/mol. The Labute approximate surface area is 173 Å². The van der Waals surface area contributed by atoms with Crippen molar-refractivity contribution in [3.63, 3.8) is 0 Å². The SMILES string of the molecule is COc1ccc(-c2cc(=O)[nH]c(SCC(=O)Nc3ccc(C(F)(F)F)cc3)n2)cc1. The fourth-order valence-corrected chi connectivity index (χ4v) is 3.16. The highest BCUT2D eigenvalue weighted by molar-refractivity contribution is 7.99. The molecule has 10 heteroatoms. The largest absolute Gasteiger partial charge is 0.497 e. The molecule has 30 heavy (non-hydrogen) atoms. The van der Waals surface area contributed by atoms with Crippen LogP contribution in [0.1, 0.15) is 5.56 Å². The van der Waals surface area contributed by atoms with E-state index in [4.69, 9.17) is 4.74 Å². The number of alkyl halides is 3. The second kappa shape index (κ2) is 9.04. The van der Waals surface area contributed by atoms with Crippen LogP contribution in [0.5, 0.6) is 5.75 Å². The molecule has 1 aromatic heterocycles. The summed E-state index contributed by atoms with van der Waals surface area (Å²) in [6, 6.07) is 12.5. The van der Waals surface area contributed by atoms with Crippen molar-refractivity contribution >= 4 is 23.4 Å². The number of carbonyl (C=O) groups excluding carboxylic acids is 1. The Morgan fingerprint density at radius 1 is 1.13 bits per heavy atom. The van der Waals surface area contributed by atoms with Gasteiger partial charge in [-0.05, 0) is 48.5 Å². The number of anilines is 1. The second-order valence-electron chi connectivity index (χ2n) is 6.08. The number of ether oxygens (including phenoxy) is 1. The summed E-state index contributed by atoms with van der Waals surface area (Å²) >= 11 is 1.00. The molecule has 2 N–H and O–H groups in total. The number of amides is 1. The smallest absolute Gasteiger partial charge is 0.416 e. The molecular weight excluding hydrogens is 419 g/mol. The first-order valence-corrected chi connectivity index (χ1v) is 9.59. The third kappa shape index (κ3) is 5.63. The van der Waals surface area contributed by atoms with Gasteiger partial charge in [-0.3, -0.25) is 9.59 Å². The number of nitrogens with one attached hydrogen (secondary N) is 2. The van der Waals surface area contributed by atoms with Gasteiger partial charge in [-0.15, -0.1) is 0 Å². The molecule has 0 fully saturated rings. The Bertz CT molecular complexity index is 1080. The Kier molecular flexibility index (Phi) is 6.46. The molecule has 0 spiro atoms. The van der Waals surface area contributed by atoms with E-state index in [9.17, 15) is 22.8 Å². The molecule has 2 aromatic carbocycles. The number of benzene rings is 2. The fourth-order valence-electron chi connectivity index (χ4n) is 2.49. The summed E-state index contributed by atoms with van der Waals surface area (Å²) in [6.07, 6.45) is -4.44. The van der Waals surface area contributed by atoms with Crippen LogP contribution in [0.2, 0.25) is 0 Å². The van der Waals surface area contributed by atoms with E-state index in [0.29, 0.717) is 17.0 Å². The van der Waals surface area contributed by atoms with Crippen LogP contribution in [-0.4, -0.2) is 28.7 Å². The maximum Gasteiger partial charge on any atom is 0.416 e. The van der Waals surface area contributed by atoms with E-state index in [1.165, 1.54) is 18.2 Å². The summed E-state index contributed by atoms with van der Waals surface area (Å²) in [4.78, 5) is 30.9. The van der Waals surface area contributed by atoms with Crippen LogP contribution in [0.3, 0.4) is 0 Å². The number of thioether (sulfide) groups is 1. The predicted molar refractivity (Wildman–Crippen MR) is 108 cm³/mol. The standard InChI is InChI=1S/C20H16F3N3O3S/c1-29-15-8-2-12(3-9-15)16-10-17(27)26-19(25-16)30-11-18(28)24-14-6-4-13(5-7-14)20(21,22)23/h2-10H,11H2,1H3,(H,24,28)(H,25,26,27). The van der Waals surface area contributed by atoms with Gasteiger partial charge < -0.3 is 15.0 Å². The van der Waals surface area contributed by atoms with E-state index in [-0.39, 0.29) is 22.2 Å². The molecule has 6 nitrogen and oxygen atoms in total. The molecular formula is C20H16F3N3O3S. The minimum absolute atomic E-state index is 0.0873. The molecule has 156 valence electrons. The van der Waals surface area contributed by atoms with Crippen LogP contribution >= 0.6 is 11.8 Å². The zero-order valence-corrected chi connectivity index (χ0v) is 16.4. The van der Waals surface area contributed by atoms with Crippen LogP contribution in [0, 0.1) is 0 Å². The molecule has 3 aromatic rings. The highest BCUT2D eigenvalue weighted by atomic mass is 32.2. The molecule has 1 heterocycles. The molecule has 1 amide bonds. The summed E-state index contributed by atoms with van der Waals surface area (Å²) in [7, 11) is 1.55. The average Bonchev–Trinajstić information content (AvgIpc) is 2.72. The maximum atomic E-state index is 12.6. The minimum atomic E-state index is -4.44. The molecule has 0 saturated heterocycles. The van der Waals surface area contributed by atoms with Crippen molar-refractivity contribution in [2.24, 2.45) is 0 Å². The van der Waals surface area contributed by atoms with Crippen molar-refractivity contribution < 1.29 is 22.7 Å². The number of H-pyrrole nitrogens is 1. The lowest BCUT2D eigenvalue weighted by atomic mass is 10.1. The molecule has 0 atom stereocenters. The Morgan fingerprint density at radius 3 is 2.40 bits per heavy atom. The number of aromatic amines is 1. The van der Waals surface area contributed by atoms with Crippen LogP contribution in [0.4, 0.5) is 18.9 Å². The van der Waals surface area contributed by atoms with Crippen LogP contribution in [-0.2, 0) is 11.0 Å². The molecule has 0 radical (unpaired) electrons. The van der Waals surface area contributed by atoms with Crippen molar-refractivity contribution in [1.82, 2.24) is 9.97 Å². The maximum absolute atomic E-state index is 12.6. The van der Waals surface area contributed by atoms with E-state index in [1.54, 1.807) is 31.4 Å². The van der Waals surface area contributed by atoms with Crippen LogP contribution in [0.25, 0.3) is 11.3 Å². The molecule has 0 aliphatic heterocycles. The van der Waals surface area contributed by atoms with Gasteiger partial charge in [-0.1, -0.05) is 11.8 Å². The Balaban J connectivity index is 1.64. The molecule has 0 unspecified atom stereocenters. The summed E-state index contributed by atoms with van der Waals surface area (Å²) in [5.74, 6) is 0.131. The number of aromatic nitrogens is 2. The van der Waals surface area contributed by atoms with E-state index in [2.05, 4.69) is 15.3 Å². The normalized spacial score (nSPS) is 11.2. The first kappa shape index (κ1) is 21.4. The first-order chi connectivity index (χ1) is 14.2. The fraction of sp³-hybridized carbons (Fsp3) is 0.150. The molecule has 0 bridgehead atoms. The predicted octanol–water partition coefficient (Wildman–Crippen LogP) is 4.20. The lowest BCUT2D eigenvalue weighted by Gasteiger charge is -2.09. The van der Waals surface area contributed by atoms with Crippen molar-refractivity contribution in [3.8, 4) is 17.0 Å². The van der Waals surface area contributed by atoms with Crippen molar-refractivity contribution in [2.45, 2.75) is 11.3 Å². The first-order valence-electron chi connectivity index (χ1n) is 8.60. The summed E-state index contributed by atoms with van der Waals surface area (Å²) in [5, 5.41) is 2.75. The van der Waals surface area contributed by atoms with E-state index in [0.717, 1.165) is 23.9 Å². The number of hydrogen-bond donors (Lipinski definition) is 2. The highest BCUT2D eigenvalue weighted by Crippen LogP contribution is 2.30. The van der Waals surface area contributed by atoms with Gasteiger partial charge in [0.2, 0.25) is 5.91 Å². The number of methoxy groups -OCH3 is 1.